The summed E-state index contributed by atoms with van der Waals surface area (Å²) in [5, 5.41) is 10.4. The van der Waals surface area contributed by atoms with Crippen molar-refractivity contribution in [1.29, 1.82) is 0 Å². The zero-order chi connectivity index (χ0) is 21.8. The standard InChI is InChI=1S/C23H25NO6/c1-14(25)20-21(16-7-5-6-8-17(16)28-2)24(23(27)22(20)26)12-11-15-9-10-18(29-3)19(13-15)30-4/h5-10,13,21,26H,11-12H2,1-4H3/t21-/m0/s1. The number of ether oxygens (including phenoxy) is 3. The average Bonchev–Trinajstić information content (AvgIpc) is 3.02. The van der Waals surface area contributed by atoms with Crippen molar-refractivity contribution in [1.82, 2.24) is 4.90 Å². The molecule has 0 fully saturated rings. The van der Waals surface area contributed by atoms with E-state index >= 15 is 0 Å². The van der Waals surface area contributed by atoms with E-state index in [1.54, 1.807) is 32.4 Å². The Morgan fingerprint density at radius 3 is 2.30 bits per heavy atom. The summed E-state index contributed by atoms with van der Waals surface area (Å²) in [4.78, 5) is 26.6. The molecule has 7 nitrogen and oxygen atoms in total. The van der Waals surface area contributed by atoms with Crippen LogP contribution in [0.4, 0.5) is 0 Å². The smallest absolute Gasteiger partial charge is 0.290 e. The second-order valence-electron chi connectivity index (χ2n) is 6.90. The summed E-state index contributed by atoms with van der Waals surface area (Å²) in [5.74, 6) is 0.311. The third-order valence-electron chi connectivity index (χ3n) is 5.21. The van der Waals surface area contributed by atoms with Crippen LogP contribution in [-0.2, 0) is 16.0 Å². The summed E-state index contributed by atoms with van der Waals surface area (Å²) in [7, 11) is 4.65. The van der Waals surface area contributed by atoms with Gasteiger partial charge in [-0.15, -0.1) is 0 Å². The molecule has 1 atom stereocenters. The van der Waals surface area contributed by atoms with Gasteiger partial charge in [-0.05, 0) is 37.1 Å². The first-order valence-electron chi connectivity index (χ1n) is 9.51. The molecule has 0 unspecified atom stereocenters. The van der Waals surface area contributed by atoms with Crippen molar-refractivity contribution in [2.24, 2.45) is 0 Å². The highest BCUT2D eigenvalue weighted by molar-refractivity contribution is 6.08. The first-order valence-corrected chi connectivity index (χ1v) is 9.51. The number of aliphatic hydroxyl groups excluding tert-OH is 1. The highest BCUT2D eigenvalue weighted by Crippen LogP contribution is 2.41. The molecule has 0 aromatic heterocycles. The zero-order valence-electron chi connectivity index (χ0n) is 17.5. The van der Waals surface area contributed by atoms with Gasteiger partial charge in [-0.25, -0.2) is 0 Å². The van der Waals surface area contributed by atoms with Gasteiger partial charge in [0.25, 0.3) is 5.91 Å². The minimum Gasteiger partial charge on any atom is -0.503 e. The zero-order valence-corrected chi connectivity index (χ0v) is 17.5. The first-order chi connectivity index (χ1) is 14.4. The van der Waals surface area contributed by atoms with E-state index in [-0.39, 0.29) is 17.9 Å². The molecule has 0 bridgehead atoms. The maximum Gasteiger partial charge on any atom is 0.290 e. The minimum absolute atomic E-state index is 0.0804. The van der Waals surface area contributed by atoms with Crippen LogP contribution in [0, 0.1) is 0 Å². The number of carbonyl (C=O) groups is 2. The third-order valence-corrected chi connectivity index (χ3v) is 5.21. The molecular weight excluding hydrogens is 386 g/mol. The highest BCUT2D eigenvalue weighted by atomic mass is 16.5. The molecule has 1 heterocycles. The molecule has 30 heavy (non-hydrogen) atoms. The molecule has 1 aliphatic rings. The van der Waals surface area contributed by atoms with Crippen LogP contribution in [-0.4, -0.2) is 49.6 Å². The van der Waals surface area contributed by atoms with Crippen LogP contribution in [0.5, 0.6) is 17.2 Å². The van der Waals surface area contributed by atoms with Crippen molar-refractivity contribution in [3.05, 3.63) is 64.9 Å². The molecular formula is C23H25NO6. The van der Waals surface area contributed by atoms with E-state index in [0.29, 0.717) is 29.2 Å². The molecule has 1 N–H and O–H groups in total. The monoisotopic (exact) mass is 411 g/mol. The van der Waals surface area contributed by atoms with Crippen molar-refractivity contribution in [3.8, 4) is 17.2 Å². The van der Waals surface area contributed by atoms with Gasteiger partial charge in [0.1, 0.15) is 5.75 Å². The van der Waals surface area contributed by atoms with Crippen molar-refractivity contribution in [3.63, 3.8) is 0 Å². The van der Waals surface area contributed by atoms with E-state index in [1.165, 1.54) is 18.9 Å². The SMILES string of the molecule is COc1ccc(CCN2C(=O)C(O)=C(C(C)=O)[C@@H]2c2ccccc2OC)cc1OC. The van der Waals surface area contributed by atoms with E-state index in [1.807, 2.05) is 24.3 Å². The number of hydrogen-bond acceptors (Lipinski definition) is 6. The number of nitrogens with zero attached hydrogens (tertiary/aromatic N) is 1. The van der Waals surface area contributed by atoms with Crippen LogP contribution < -0.4 is 14.2 Å². The van der Waals surface area contributed by atoms with E-state index in [2.05, 4.69) is 0 Å². The van der Waals surface area contributed by atoms with Crippen molar-refractivity contribution < 1.29 is 28.9 Å². The van der Waals surface area contributed by atoms with Crippen molar-refractivity contribution in [2.45, 2.75) is 19.4 Å². The summed E-state index contributed by atoms with van der Waals surface area (Å²) < 4.78 is 16.0. The Balaban J connectivity index is 1.94. The third kappa shape index (κ3) is 3.83. The van der Waals surface area contributed by atoms with Crippen LogP contribution in [0.1, 0.15) is 24.1 Å². The van der Waals surface area contributed by atoms with Gasteiger partial charge in [0, 0.05) is 12.1 Å². The Morgan fingerprint density at radius 1 is 1.00 bits per heavy atom. The molecule has 1 aliphatic heterocycles. The summed E-state index contributed by atoms with van der Waals surface area (Å²) in [6, 6.07) is 12.0. The fraction of sp³-hybridized carbons (Fsp3) is 0.304. The highest BCUT2D eigenvalue weighted by Gasteiger charge is 2.43. The molecule has 0 saturated carbocycles. The lowest BCUT2D eigenvalue weighted by Gasteiger charge is -2.27. The molecule has 0 saturated heterocycles. The number of aliphatic hydroxyl groups is 1. The topological polar surface area (TPSA) is 85.3 Å². The Kier molecular flexibility index (Phi) is 6.30. The first kappa shape index (κ1) is 21.2. The molecule has 2 aromatic carbocycles. The average molecular weight is 411 g/mol. The molecule has 0 spiro atoms. The van der Waals surface area contributed by atoms with Crippen LogP contribution in [0.3, 0.4) is 0 Å². The molecule has 7 heteroatoms. The van der Waals surface area contributed by atoms with Gasteiger partial charge >= 0.3 is 0 Å². The number of benzene rings is 2. The quantitative estimate of drug-likeness (QED) is 0.718. The van der Waals surface area contributed by atoms with Gasteiger partial charge < -0.3 is 24.2 Å². The summed E-state index contributed by atoms with van der Waals surface area (Å²) in [6.45, 7) is 1.64. The van der Waals surface area contributed by atoms with Gasteiger partial charge in [0.05, 0.1) is 32.9 Å². The van der Waals surface area contributed by atoms with Gasteiger partial charge in [-0.1, -0.05) is 24.3 Å². The lowest BCUT2D eigenvalue weighted by molar-refractivity contribution is -0.129. The second-order valence-corrected chi connectivity index (χ2v) is 6.90. The van der Waals surface area contributed by atoms with Crippen LogP contribution in [0.25, 0.3) is 0 Å². The molecule has 3 rings (SSSR count). The molecule has 0 aliphatic carbocycles. The molecule has 1 amide bonds. The summed E-state index contributed by atoms with van der Waals surface area (Å²) in [5.41, 5.74) is 1.65. The lowest BCUT2D eigenvalue weighted by Crippen LogP contribution is -2.33. The minimum atomic E-state index is -0.716. The van der Waals surface area contributed by atoms with Gasteiger partial charge in [0.15, 0.2) is 23.0 Å². The Morgan fingerprint density at radius 2 is 1.67 bits per heavy atom. The van der Waals surface area contributed by atoms with Gasteiger partial charge in [0.2, 0.25) is 0 Å². The van der Waals surface area contributed by atoms with Gasteiger partial charge in [-0.2, -0.15) is 0 Å². The maximum absolute atomic E-state index is 12.8. The number of para-hydroxylation sites is 1. The predicted molar refractivity (Wildman–Crippen MR) is 111 cm³/mol. The largest absolute Gasteiger partial charge is 0.503 e. The summed E-state index contributed by atoms with van der Waals surface area (Å²) in [6.07, 6.45) is 0.496. The van der Waals surface area contributed by atoms with E-state index in [9.17, 15) is 14.7 Å². The fourth-order valence-electron chi connectivity index (χ4n) is 3.75. The Labute approximate surface area is 175 Å². The maximum atomic E-state index is 12.8. The normalized spacial score (nSPS) is 16.1. The Hall–Kier alpha value is -3.48. The van der Waals surface area contributed by atoms with Crippen LogP contribution in [0.2, 0.25) is 0 Å². The van der Waals surface area contributed by atoms with Crippen LogP contribution >= 0.6 is 0 Å². The van der Waals surface area contributed by atoms with Crippen molar-refractivity contribution in [2.75, 3.05) is 27.9 Å². The molecule has 0 radical (unpaired) electrons. The van der Waals surface area contributed by atoms with Crippen LogP contribution in [0.15, 0.2) is 53.8 Å². The number of hydrogen-bond donors (Lipinski definition) is 1. The number of ketones is 1. The van der Waals surface area contributed by atoms with E-state index in [0.717, 1.165) is 5.56 Å². The van der Waals surface area contributed by atoms with Crippen molar-refractivity contribution >= 4 is 11.7 Å². The van der Waals surface area contributed by atoms with E-state index in [4.69, 9.17) is 14.2 Å². The molecule has 2 aromatic rings. The Bertz CT molecular complexity index is 997. The number of methoxy groups -OCH3 is 3. The number of carbonyl (C=O) groups excluding carboxylic acids is 2. The number of amides is 1. The number of Topliss-reactive ketones (excluding diaryl/α,β-unsaturated/α-hetero) is 1. The predicted octanol–water partition coefficient (Wildman–Crippen LogP) is 3.24. The fourth-order valence-corrected chi connectivity index (χ4v) is 3.75. The number of rotatable bonds is 8. The van der Waals surface area contributed by atoms with Gasteiger partial charge in [-0.3, -0.25) is 9.59 Å². The molecule has 158 valence electrons. The summed E-state index contributed by atoms with van der Waals surface area (Å²) >= 11 is 0. The van der Waals surface area contributed by atoms with E-state index < -0.39 is 17.7 Å². The lowest BCUT2D eigenvalue weighted by atomic mass is 9.95. The second kappa shape index (κ2) is 8.90.